The smallest absolute Gasteiger partial charge is 0.822 e. The molecule has 1 saturated heterocycles. The van der Waals surface area contributed by atoms with Gasteiger partial charge in [0, 0.05) is 0 Å². The Morgan fingerprint density at radius 2 is 0.552 bits per heavy atom. The van der Waals surface area contributed by atoms with Gasteiger partial charge in [-0.2, -0.15) is 15.6 Å². The van der Waals surface area contributed by atoms with E-state index in [9.17, 15) is 0 Å². The maximum Gasteiger partial charge on any atom is 2.00 e. The summed E-state index contributed by atoms with van der Waals surface area (Å²) in [6.45, 7) is 1.56. The van der Waals surface area contributed by atoms with Crippen molar-refractivity contribution in [1.82, 2.24) is 0 Å². The second-order valence-electron chi connectivity index (χ2n) is 5.78. The summed E-state index contributed by atoms with van der Waals surface area (Å²) >= 11 is 0. The Balaban J connectivity index is -0.000000125. The Kier molecular flexibility index (Phi) is 44.4. The molecule has 1 fully saturated rings. The van der Waals surface area contributed by atoms with Gasteiger partial charge in [0.05, 0.1) is 13.2 Å². The van der Waals surface area contributed by atoms with Crippen molar-refractivity contribution in [3.63, 3.8) is 0 Å². The predicted octanol–water partition coefficient (Wildman–Crippen LogP) is -2.16. The van der Waals surface area contributed by atoms with Crippen LogP contribution in [-0.4, -0.2) is 126 Å². The number of hydrogen-bond acceptors (Lipinski definition) is 10. The normalized spacial score (nSPS) is 17.3. The average Bonchev–Trinajstić information content (AvgIpc) is 2.44. The van der Waals surface area contributed by atoms with E-state index in [2.05, 4.69) is 0 Å². The molecule has 1 aliphatic heterocycles. The summed E-state index contributed by atoms with van der Waals surface area (Å²) < 4.78 is 17.1. The zero-order valence-corrected chi connectivity index (χ0v) is 25.4. The van der Waals surface area contributed by atoms with Crippen LogP contribution in [0.4, 0.5) is 0 Å². The van der Waals surface area contributed by atoms with E-state index in [1.807, 2.05) is 0 Å². The molecule has 0 atom stereocenters. The first-order valence-corrected chi connectivity index (χ1v) is 11.6. The van der Waals surface area contributed by atoms with Crippen molar-refractivity contribution in [1.29, 1.82) is 0 Å². The maximum absolute atomic E-state index is 8.55. The van der Waals surface area contributed by atoms with Crippen LogP contribution >= 0.6 is 15.6 Å². The van der Waals surface area contributed by atoms with Gasteiger partial charge in [0.25, 0.3) is 0 Å². The molecule has 15 heteroatoms. The van der Waals surface area contributed by atoms with Crippen LogP contribution in [0.3, 0.4) is 0 Å². The van der Waals surface area contributed by atoms with Crippen LogP contribution in [0.5, 0.6) is 0 Å². The Morgan fingerprint density at radius 3 is 0.724 bits per heavy atom. The van der Waals surface area contributed by atoms with E-state index in [1.54, 1.807) is 0 Å². The summed E-state index contributed by atoms with van der Waals surface area (Å²) in [5, 5.41) is 0. The number of hydrogen-bond donors (Lipinski definition) is 0. The van der Waals surface area contributed by atoms with E-state index in [-0.39, 0.29) is 113 Å². The number of rotatable bonds is 0. The monoisotopic (exact) mass is 538 g/mol. The SMILES string of the molecule is C1CCCCCCCOOCCCCCC1.O=P([O-])([O-])[O-].O=P([O-])([O-])[O-].[Ca+2].[Ca+2].[Ca+2]. The Morgan fingerprint density at radius 1 is 0.414 bits per heavy atom. The van der Waals surface area contributed by atoms with Crippen molar-refractivity contribution >= 4 is 129 Å². The van der Waals surface area contributed by atoms with Crippen molar-refractivity contribution in [2.24, 2.45) is 0 Å². The summed E-state index contributed by atoms with van der Waals surface area (Å²) in [6, 6.07) is 0. The fourth-order valence-corrected chi connectivity index (χ4v) is 2.21. The van der Waals surface area contributed by atoms with Gasteiger partial charge in [-0.05, 0) is 12.8 Å². The first-order valence-electron chi connectivity index (χ1n) is 8.70. The topological polar surface area (TPSA) is 191 Å². The van der Waals surface area contributed by atoms with Crippen LogP contribution in [0.15, 0.2) is 0 Å². The molecule has 160 valence electrons. The van der Waals surface area contributed by atoms with Gasteiger partial charge >= 0.3 is 113 Å². The van der Waals surface area contributed by atoms with Crippen molar-refractivity contribution in [3.8, 4) is 0 Å². The summed E-state index contributed by atoms with van der Waals surface area (Å²) in [5.74, 6) is 0. The van der Waals surface area contributed by atoms with Crippen LogP contribution < -0.4 is 29.4 Å². The average molecular weight is 539 g/mol. The first kappa shape index (κ1) is 43.0. The van der Waals surface area contributed by atoms with Crippen molar-refractivity contribution in [2.75, 3.05) is 13.2 Å². The third-order valence-corrected chi connectivity index (χ3v) is 3.29. The van der Waals surface area contributed by atoms with Crippen molar-refractivity contribution in [3.05, 3.63) is 0 Å². The maximum atomic E-state index is 8.55. The molecule has 0 saturated carbocycles. The van der Waals surface area contributed by atoms with Crippen LogP contribution in [0.1, 0.15) is 77.0 Å². The molecule has 0 aliphatic carbocycles. The van der Waals surface area contributed by atoms with Gasteiger partial charge in [-0.3, -0.25) is 0 Å². The Labute approximate surface area is 263 Å². The van der Waals surface area contributed by atoms with E-state index >= 15 is 0 Å². The summed E-state index contributed by atoms with van der Waals surface area (Å²) in [7, 11) is -10.8. The standard InChI is InChI=1S/C14H28O2.3Ca.2H3O4P/c1-2-4-6-8-10-12-14-16-15-13-11-9-7-5-3-1;;;;2*1-5(2,3)4/h1-14H2;;;;2*(H3,1,2,3,4)/q;3*+2;;/p-6. The summed E-state index contributed by atoms with van der Waals surface area (Å²) in [4.78, 5) is 61.6. The van der Waals surface area contributed by atoms with E-state index < -0.39 is 15.6 Å². The quantitative estimate of drug-likeness (QED) is 0.186. The second-order valence-corrected chi connectivity index (χ2v) is 7.57. The van der Waals surface area contributed by atoms with E-state index in [0.717, 1.165) is 26.1 Å². The molecular weight excluding hydrogens is 510 g/mol. The van der Waals surface area contributed by atoms with E-state index in [4.69, 9.17) is 48.3 Å². The van der Waals surface area contributed by atoms with Crippen molar-refractivity contribution < 1.29 is 48.3 Å². The van der Waals surface area contributed by atoms with Gasteiger partial charge in [-0.1, -0.05) is 64.2 Å². The molecule has 10 nitrogen and oxygen atoms in total. The fraction of sp³-hybridized carbons (Fsp3) is 1.00. The molecule has 0 radical (unpaired) electrons. The molecule has 0 bridgehead atoms. The second kappa shape index (κ2) is 30.0. The van der Waals surface area contributed by atoms with Gasteiger partial charge < -0.3 is 38.5 Å². The summed E-state index contributed by atoms with van der Waals surface area (Å²) in [6.07, 6.45) is 16.2. The molecule has 1 aliphatic rings. The molecule has 0 unspecified atom stereocenters. The largest absolute Gasteiger partial charge is 2.00 e. The molecule has 0 aromatic carbocycles. The van der Waals surface area contributed by atoms with Crippen LogP contribution in [0.25, 0.3) is 0 Å². The minimum Gasteiger partial charge on any atom is -0.822 e. The molecule has 0 aromatic heterocycles. The third-order valence-electron chi connectivity index (χ3n) is 3.29. The molecule has 0 N–H and O–H groups in total. The van der Waals surface area contributed by atoms with Gasteiger partial charge in [-0.25, -0.2) is 9.78 Å². The molecule has 0 aromatic rings. The van der Waals surface area contributed by atoms with Crippen LogP contribution in [0.2, 0.25) is 0 Å². The molecule has 0 amide bonds. The van der Waals surface area contributed by atoms with Gasteiger partial charge in [-0.15, -0.1) is 0 Å². The molecule has 1 heterocycles. The molecule has 1 rings (SSSR count). The van der Waals surface area contributed by atoms with Crippen molar-refractivity contribution in [2.45, 2.75) is 77.0 Å². The third kappa shape index (κ3) is 72.0. The minimum absolute atomic E-state index is 0. The van der Waals surface area contributed by atoms with E-state index in [0.29, 0.717) is 0 Å². The van der Waals surface area contributed by atoms with Gasteiger partial charge in [0.1, 0.15) is 0 Å². The zero-order valence-electron chi connectivity index (χ0n) is 17.0. The van der Waals surface area contributed by atoms with Gasteiger partial charge in [0.2, 0.25) is 0 Å². The Bertz CT molecular complexity index is 295. The van der Waals surface area contributed by atoms with Crippen LogP contribution in [-0.2, 0) is 18.9 Å². The van der Waals surface area contributed by atoms with E-state index in [1.165, 1.54) is 64.2 Å². The predicted molar refractivity (Wildman–Crippen MR) is 99.8 cm³/mol. The number of phosphoric acid groups is 2. The zero-order chi connectivity index (χ0) is 20.3. The fourth-order valence-electron chi connectivity index (χ4n) is 2.21. The molecule has 29 heavy (non-hydrogen) atoms. The minimum atomic E-state index is -5.39. The first-order chi connectivity index (χ1) is 12.0. The van der Waals surface area contributed by atoms with Gasteiger partial charge in [0.15, 0.2) is 0 Å². The molecule has 0 spiro atoms. The molecular formula is C14H28Ca3O10P2. The van der Waals surface area contributed by atoms with Crippen LogP contribution in [0, 0.1) is 0 Å². The summed E-state index contributed by atoms with van der Waals surface area (Å²) in [5.41, 5.74) is 0. The Hall–Kier alpha value is 3.92.